The van der Waals surface area contributed by atoms with Crippen LogP contribution in [0, 0.1) is 22.6 Å². The number of fused-ring (bicyclic) bond motifs is 1. The molecular weight excluding hydrogens is 587 g/mol. The molecule has 0 unspecified atom stereocenters. The van der Waals surface area contributed by atoms with Gasteiger partial charge in [-0.1, -0.05) is 38.1 Å². The predicted molar refractivity (Wildman–Crippen MR) is 171 cm³/mol. The average Bonchev–Trinajstić information content (AvgIpc) is 3.45. The van der Waals surface area contributed by atoms with Crippen LogP contribution in [0.1, 0.15) is 32.7 Å². The predicted octanol–water partition coefficient (Wildman–Crippen LogP) is 4.98. The Bertz CT molecular complexity index is 1790. The van der Waals surface area contributed by atoms with Crippen molar-refractivity contribution in [2.45, 2.75) is 32.7 Å². The van der Waals surface area contributed by atoms with E-state index in [1.807, 2.05) is 32.0 Å². The van der Waals surface area contributed by atoms with Crippen molar-refractivity contribution < 1.29 is 18.7 Å². The van der Waals surface area contributed by atoms with Crippen LogP contribution in [-0.2, 0) is 9.53 Å². The summed E-state index contributed by atoms with van der Waals surface area (Å²) in [6.45, 7) is 8.62. The number of anilines is 1. The second-order valence-electron chi connectivity index (χ2n) is 12.4. The van der Waals surface area contributed by atoms with Crippen molar-refractivity contribution in [3.8, 4) is 28.8 Å². The molecule has 2 N–H and O–H groups in total. The summed E-state index contributed by atoms with van der Waals surface area (Å²) in [4.78, 5) is 26.3. The minimum atomic E-state index is -0.535. The minimum absolute atomic E-state index is 0.122. The number of amides is 1. The van der Waals surface area contributed by atoms with E-state index in [1.54, 1.807) is 39.9 Å². The molecule has 2 aromatic carbocycles. The number of ether oxygens (including phenoxy) is 2. The van der Waals surface area contributed by atoms with Crippen molar-refractivity contribution in [1.29, 1.82) is 5.26 Å². The SMILES string of the molecule is CC(C)(/C=C(/C#N)C(=O)N1CCC[C@@H](n2nc(-c3ccc(Oc4ccccc4)cc3F)c3c(N)ncnc32)C1)CN1CCOCC1. The largest absolute Gasteiger partial charge is 0.457 e. The highest BCUT2D eigenvalue weighted by Gasteiger charge is 2.32. The van der Waals surface area contributed by atoms with Crippen LogP contribution < -0.4 is 10.5 Å². The molecule has 1 amide bonds. The van der Waals surface area contributed by atoms with E-state index >= 15 is 4.39 Å². The maximum absolute atomic E-state index is 15.6. The minimum Gasteiger partial charge on any atom is -0.457 e. The van der Waals surface area contributed by atoms with Gasteiger partial charge in [0.1, 0.15) is 46.8 Å². The molecule has 2 aliphatic heterocycles. The number of likely N-dealkylation sites (tertiary alicyclic amines) is 1. The van der Waals surface area contributed by atoms with Gasteiger partial charge in [0, 0.05) is 44.4 Å². The van der Waals surface area contributed by atoms with E-state index in [1.165, 1.54) is 12.4 Å². The fourth-order valence-electron chi connectivity index (χ4n) is 6.24. The van der Waals surface area contributed by atoms with Gasteiger partial charge in [-0.2, -0.15) is 10.4 Å². The van der Waals surface area contributed by atoms with E-state index in [-0.39, 0.29) is 34.3 Å². The summed E-state index contributed by atoms with van der Waals surface area (Å²) < 4.78 is 28.6. The number of halogens is 1. The van der Waals surface area contributed by atoms with E-state index in [4.69, 9.17) is 20.3 Å². The summed E-state index contributed by atoms with van der Waals surface area (Å²) in [5, 5.41) is 15.3. The molecule has 1 atom stereocenters. The Morgan fingerprint density at radius 2 is 1.93 bits per heavy atom. The number of carbonyl (C=O) groups excluding carboxylic acids is 1. The first kappa shape index (κ1) is 31.1. The summed E-state index contributed by atoms with van der Waals surface area (Å²) in [6, 6.07) is 15.6. The number of piperidine rings is 1. The molecule has 0 saturated carbocycles. The second-order valence-corrected chi connectivity index (χ2v) is 12.4. The number of benzene rings is 2. The summed E-state index contributed by atoms with van der Waals surface area (Å²) >= 11 is 0. The summed E-state index contributed by atoms with van der Waals surface area (Å²) in [7, 11) is 0. The number of rotatable bonds is 8. The van der Waals surface area contributed by atoms with Gasteiger partial charge in [0.05, 0.1) is 24.6 Å². The number of hydrogen-bond donors (Lipinski definition) is 1. The van der Waals surface area contributed by atoms with Crippen LogP contribution in [-0.4, -0.2) is 81.4 Å². The molecule has 2 aliphatic rings. The Kier molecular flexibility index (Phi) is 8.96. The van der Waals surface area contributed by atoms with Gasteiger partial charge >= 0.3 is 0 Å². The molecular formula is C34H37FN8O3. The van der Waals surface area contributed by atoms with Crippen molar-refractivity contribution in [1.82, 2.24) is 29.5 Å². The Balaban J connectivity index is 1.26. The monoisotopic (exact) mass is 624 g/mol. The molecule has 0 bridgehead atoms. The van der Waals surface area contributed by atoms with E-state index < -0.39 is 5.82 Å². The molecule has 12 heteroatoms. The highest BCUT2D eigenvalue weighted by atomic mass is 19.1. The molecule has 0 spiro atoms. The lowest BCUT2D eigenvalue weighted by Crippen LogP contribution is -2.43. The molecule has 238 valence electrons. The van der Waals surface area contributed by atoms with Gasteiger partial charge in [-0.15, -0.1) is 0 Å². The van der Waals surface area contributed by atoms with Gasteiger partial charge in [0.25, 0.3) is 5.91 Å². The van der Waals surface area contributed by atoms with Crippen molar-refractivity contribution in [3.63, 3.8) is 0 Å². The third-order valence-corrected chi connectivity index (χ3v) is 8.34. The van der Waals surface area contributed by atoms with Crippen molar-refractivity contribution in [2.24, 2.45) is 5.41 Å². The molecule has 46 heavy (non-hydrogen) atoms. The number of carbonyl (C=O) groups is 1. The number of nitrogens with zero attached hydrogens (tertiary/aromatic N) is 7. The summed E-state index contributed by atoms with van der Waals surface area (Å²) in [6.07, 6.45) is 4.55. The molecule has 0 radical (unpaired) electrons. The lowest BCUT2D eigenvalue weighted by atomic mass is 9.89. The summed E-state index contributed by atoms with van der Waals surface area (Å²) in [5.74, 6) is 0.265. The van der Waals surface area contributed by atoms with E-state index in [0.29, 0.717) is 67.4 Å². The lowest BCUT2D eigenvalue weighted by molar-refractivity contribution is -0.128. The van der Waals surface area contributed by atoms with Gasteiger partial charge in [-0.25, -0.2) is 19.0 Å². The van der Waals surface area contributed by atoms with Crippen molar-refractivity contribution >= 4 is 22.8 Å². The first-order valence-corrected chi connectivity index (χ1v) is 15.5. The maximum atomic E-state index is 15.6. The summed E-state index contributed by atoms with van der Waals surface area (Å²) in [5.41, 5.74) is 7.03. The number of para-hydroxylation sites is 1. The molecule has 2 aromatic heterocycles. The van der Waals surface area contributed by atoms with E-state index in [0.717, 1.165) is 19.6 Å². The number of nitriles is 1. The Hall–Kier alpha value is -4.86. The zero-order valence-corrected chi connectivity index (χ0v) is 26.0. The average molecular weight is 625 g/mol. The molecule has 4 heterocycles. The molecule has 0 aliphatic carbocycles. The van der Waals surface area contributed by atoms with Crippen molar-refractivity contribution in [2.75, 3.05) is 51.7 Å². The molecule has 2 fully saturated rings. The third-order valence-electron chi connectivity index (χ3n) is 8.34. The zero-order chi connectivity index (χ0) is 32.3. The number of aromatic nitrogens is 4. The van der Waals surface area contributed by atoms with E-state index in [9.17, 15) is 10.1 Å². The number of nitrogens with two attached hydrogens (primary N) is 1. The first-order chi connectivity index (χ1) is 22.2. The fourth-order valence-corrected chi connectivity index (χ4v) is 6.24. The van der Waals surface area contributed by atoms with Crippen LogP contribution in [0.3, 0.4) is 0 Å². The normalized spacial score (nSPS) is 18.0. The maximum Gasteiger partial charge on any atom is 0.264 e. The molecule has 11 nitrogen and oxygen atoms in total. The van der Waals surface area contributed by atoms with Gasteiger partial charge in [0.15, 0.2) is 5.65 Å². The smallest absolute Gasteiger partial charge is 0.264 e. The van der Waals surface area contributed by atoms with Gasteiger partial charge in [-0.3, -0.25) is 9.69 Å². The quantitative estimate of drug-likeness (QED) is 0.213. The second kappa shape index (κ2) is 13.2. The number of hydrogen-bond acceptors (Lipinski definition) is 9. The highest BCUT2D eigenvalue weighted by Crippen LogP contribution is 2.36. The van der Waals surface area contributed by atoms with Crippen LogP contribution in [0.25, 0.3) is 22.3 Å². The van der Waals surface area contributed by atoms with Crippen LogP contribution >= 0.6 is 0 Å². The third kappa shape index (κ3) is 6.71. The molecule has 2 saturated heterocycles. The topological polar surface area (TPSA) is 135 Å². The number of nitrogen functional groups attached to an aromatic ring is 1. The standard InChI is InChI=1S/C34H37FN8O3/c1-34(2,21-41-13-15-45-16-14-41)18-23(19-36)33(44)42-12-6-7-24(20-42)43-32-29(31(37)38-22-39-32)30(40-43)27-11-10-26(17-28(27)35)46-25-8-4-3-5-9-25/h3-5,8-11,17-18,22,24H,6-7,12-16,20-21H2,1-2H3,(H2,37,38,39)/b23-18-/t24-/m1/s1. The molecule has 4 aromatic rings. The van der Waals surface area contributed by atoms with Gasteiger partial charge < -0.3 is 20.1 Å². The van der Waals surface area contributed by atoms with Crippen LogP contribution in [0.4, 0.5) is 10.2 Å². The van der Waals surface area contributed by atoms with Gasteiger partial charge in [-0.05, 0) is 42.5 Å². The zero-order valence-electron chi connectivity index (χ0n) is 26.0. The van der Waals surface area contributed by atoms with Crippen LogP contribution in [0.2, 0.25) is 0 Å². The Morgan fingerprint density at radius 3 is 2.67 bits per heavy atom. The highest BCUT2D eigenvalue weighted by molar-refractivity contribution is 5.99. The number of morpholine rings is 1. The Morgan fingerprint density at radius 1 is 1.15 bits per heavy atom. The van der Waals surface area contributed by atoms with E-state index in [2.05, 4.69) is 20.9 Å². The molecule has 6 rings (SSSR count). The van der Waals surface area contributed by atoms with Crippen LogP contribution in [0.15, 0.2) is 66.5 Å². The van der Waals surface area contributed by atoms with Crippen LogP contribution in [0.5, 0.6) is 11.5 Å². The van der Waals surface area contributed by atoms with Gasteiger partial charge in [0.2, 0.25) is 0 Å². The lowest BCUT2D eigenvalue weighted by Gasteiger charge is -2.34. The fraction of sp³-hybridized carbons (Fsp3) is 0.382. The first-order valence-electron chi connectivity index (χ1n) is 15.5. The Labute approximate surface area is 267 Å². The van der Waals surface area contributed by atoms with Crippen molar-refractivity contribution in [3.05, 3.63) is 72.3 Å².